The minimum atomic E-state index is -0.775. The van der Waals surface area contributed by atoms with E-state index >= 15 is 0 Å². The predicted octanol–water partition coefficient (Wildman–Crippen LogP) is 1.85. The van der Waals surface area contributed by atoms with E-state index in [4.69, 9.17) is 5.73 Å². The van der Waals surface area contributed by atoms with Crippen molar-refractivity contribution in [3.05, 3.63) is 71.8 Å². The van der Waals surface area contributed by atoms with Crippen molar-refractivity contribution in [2.45, 2.75) is 19.5 Å². The Kier molecular flexibility index (Phi) is 6.51. The van der Waals surface area contributed by atoms with E-state index in [1.54, 1.807) is 17.0 Å². The highest BCUT2D eigenvalue weighted by atomic mass is 16.2. The number of nitrogens with one attached hydrogen (secondary N) is 1. The van der Waals surface area contributed by atoms with Gasteiger partial charge in [0.05, 0.1) is 6.54 Å². The number of carbonyl (C=O) groups is 2. The Morgan fingerprint density at radius 1 is 1.04 bits per heavy atom. The van der Waals surface area contributed by atoms with E-state index in [0.717, 1.165) is 11.1 Å². The molecule has 2 aromatic carbocycles. The minimum absolute atomic E-state index is 0.0555. The zero-order chi connectivity index (χ0) is 17.4. The summed E-state index contributed by atoms with van der Waals surface area (Å²) in [5.74, 6) is -0.486. The fraction of sp³-hybridized carbons (Fsp3) is 0.263. The van der Waals surface area contributed by atoms with Crippen LogP contribution in [0.3, 0.4) is 0 Å². The fourth-order valence-electron chi connectivity index (χ4n) is 2.38. The van der Waals surface area contributed by atoms with Crippen LogP contribution in [0, 0.1) is 0 Å². The standard InChI is InChI=1S/C19H23N3O2/c1-2-22(14-15-9-5-3-6-10-15)17(23)13-21-19(24)18(20)16-11-7-4-8-12-16/h3-12,18H,2,13-14,20H2,1H3,(H,21,24). The smallest absolute Gasteiger partial charge is 0.242 e. The third kappa shape index (κ3) is 4.93. The van der Waals surface area contributed by atoms with Gasteiger partial charge in [0.1, 0.15) is 6.04 Å². The Labute approximate surface area is 142 Å². The molecule has 0 heterocycles. The van der Waals surface area contributed by atoms with E-state index in [0.29, 0.717) is 13.1 Å². The average molecular weight is 325 g/mol. The summed E-state index contributed by atoms with van der Waals surface area (Å²) in [6.45, 7) is 2.96. The maximum atomic E-state index is 12.3. The largest absolute Gasteiger partial charge is 0.345 e. The second kappa shape index (κ2) is 8.84. The lowest BCUT2D eigenvalue weighted by Gasteiger charge is -2.22. The molecule has 2 amide bonds. The number of carbonyl (C=O) groups excluding carboxylic acids is 2. The summed E-state index contributed by atoms with van der Waals surface area (Å²) < 4.78 is 0. The lowest BCUT2D eigenvalue weighted by atomic mass is 10.1. The molecule has 0 fully saturated rings. The van der Waals surface area contributed by atoms with Crippen molar-refractivity contribution in [2.75, 3.05) is 13.1 Å². The molecular formula is C19H23N3O2. The summed E-state index contributed by atoms with van der Waals surface area (Å²) in [7, 11) is 0. The molecule has 5 nitrogen and oxygen atoms in total. The normalized spacial score (nSPS) is 11.6. The van der Waals surface area contributed by atoms with Crippen LogP contribution in [0.25, 0.3) is 0 Å². The van der Waals surface area contributed by atoms with Gasteiger partial charge in [0.2, 0.25) is 11.8 Å². The van der Waals surface area contributed by atoms with Crippen LogP contribution in [0.5, 0.6) is 0 Å². The van der Waals surface area contributed by atoms with Gasteiger partial charge in [-0.25, -0.2) is 0 Å². The van der Waals surface area contributed by atoms with Crippen molar-refractivity contribution in [1.82, 2.24) is 10.2 Å². The molecule has 126 valence electrons. The molecule has 24 heavy (non-hydrogen) atoms. The first-order valence-electron chi connectivity index (χ1n) is 8.01. The van der Waals surface area contributed by atoms with Crippen LogP contribution in [0.4, 0.5) is 0 Å². The van der Waals surface area contributed by atoms with E-state index in [1.807, 2.05) is 55.5 Å². The second-order valence-corrected chi connectivity index (χ2v) is 5.50. The molecule has 0 bridgehead atoms. The van der Waals surface area contributed by atoms with Gasteiger partial charge >= 0.3 is 0 Å². The summed E-state index contributed by atoms with van der Waals surface area (Å²) in [5.41, 5.74) is 7.70. The number of likely N-dealkylation sites (N-methyl/N-ethyl adjacent to an activating group) is 1. The lowest BCUT2D eigenvalue weighted by molar-refractivity contribution is -0.133. The molecule has 2 aromatic rings. The summed E-state index contributed by atoms with van der Waals surface area (Å²) in [6, 6.07) is 18.1. The predicted molar refractivity (Wildman–Crippen MR) is 93.9 cm³/mol. The first-order chi connectivity index (χ1) is 11.6. The third-order valence-corrected chi connectivity index (χ3v) is 3.81. The van der Waals surface area contributed by atoms with Crippen molar-refractivity contribution in [2.24, 2.45) is 5.73 Å². The molecule has 0 saturated carbocycles. The summed E-state index contributed by atoms with van der Waals surface area (Å²) in [5, 5.41) is 2.63. The lowest BCUT2D eigenvalue weighted by Crippen LogP contribution is -2.42. The summed E-state index contributed by atoms with van der Waals surface area (Å²) >= 11 is 0. The van der Waals surface area contributed by atoms with Crippen LogP contribution in [-0.2, 0) is 16.1 Å². The van der Waals surface area contributed by atoms with Gasteiger partial charge < -0.3 is 16.0 Å². The third-order valence-electron chi connectivity index (χ3n) is 3.81. The Morgan fingerprint density at radius 2 is 1.62 bits per heavy atom. The number of hydrogen-bond donors (Lipinski definition) is 2. The SMILES string of the molecule is CCN(Cc1ccccc1)C(=O)CNC(=O)C(N)c1ccccc1. The Bertz CT molecular complexity index is 659. The van der Waals surface area contributed by atoms with Gasteiger partial charge in [-0.1, -0.05) is 60.7 Å². The molecule has 0 aliphatic carbocycles. The fourth-order valence-corrected chi connectivity index (χ4v) is 2.38. The second-order valence-electron chi connectivity index (χ2n) is 5.50. The van der Waals surface area contributed by atoms with Crippen molar-refractivity contribution < 1.29 is 9.59 Å². The summed E-state index contributed by atoms with van der Waals surface area (Å²) in [4.78, 5) is 26.1. The molecule has 0 aliphatic heterocycles. The van der Waals surface area contributed by atoms with Gasteiger partial charge in [-0.15, -0.1) is 0 Å². The van der Waals surface area contributed by atoms with Crippen molar-refractivity contribution in [3.63, 3.8) is 0 Å². The molecular weight excluding hydrogens is 302 g/mol. The van der Waals surface area contributed by atoms with Gasteiger partial charge in [-0.05, 0) is 18.1 Å². The highest BCUT2D eigenvalue weighted by Crippen LogP contribution is 2.09. The monoisotopic (exact) mass is 325 g/mol. The molecule has 0 saturated heterocycles. The number of nitrogens with two attached hydrogens (primary N) is 1. The number of rotatable bonds is 7. The average Bonchev–Trinajstić information content (AvgIpc) is 2.64. The van der Waals surface area contributed by atoms with Crippen LogP contribution in [0.1, 0.15) is 24.1 Å². The van der Waals surface area contributed by atoms with Gasteiger partial charge in [0, 0.05) is 13.1 Å². The van der Waals surface area contributed by atoms with E-state index in [2.05, 4.69) is 5.32 Å². The van der Waals surface area contributed by atoms with E-state index in [1.165, 1.54) is 0 Å². The zero-order valence-corrected chi connectivity index (χ0v) is 13.8. The topological polar surface area (TPSA) is 75.4 Å². The van der Waals surface area contributed by atoms with E-state index in [9.17, 15) is 9.59 Å². The molecule has 2 rings (SSSR count). The highest BCUT2D eigenvalue weighted by Gasteiger charge is 2.18. The maximum Gasteiger partial charge on any atom is 0.242 e. The van der Waals surface area contributed by atoms with E-state index < -0.39 is 6.04 Å². The first kappa shape index (κ1) is 17.7. The van der Waals surface area contributed by atoms with Crippen molar-refractivity contribution in [1.29, 1.82) is 0 Å². The quantitative estimate of drug-likeness (QED) is 0.816. The molecule has 0 radical (unpaired) electrons. The molecule has 0 aromatic heterocycles. The molecule has 1 atom stereocenters. The van der Waals surface area contributed by atoms with Gasteiger partial charge in [-0.3, -0.25) is 9.59 Å². The van der Waals surface area contributed by atoms with Crippen LogP contribution < -0.4 is 11.1 Å². The van der Waals surface area contributed by atoms with Crippen molar-refractivity contribution in [3.8, 4) is 0 Å². The number of amides is 2. The number of benzene rings is 2. The minimum Gasteiger partial charge on any atom is -0.345 e. The number of hydrogen-bond acceptors (Lipinski definition) is 3. The van der Waals surface area contributed by atoms with Crippen LogP contribution >= 0.6 is 0 Å². The van der Waals surface area contributed by atoms with Crippen LogP contribution in [-0.4, -0.2) is 29.8 Å². The zero-order valence-electron chi connectivity index (χ0n) is 13.8. The van der Waals surface area contributed by atoms with Gasteiger partial charge in [0.25, 0.3) is 0 Å². The molecule has 5 heteroatoms. The molecule has 0 aliphatic rings. The van der Waals surface area contributed by atoms with Gasteiger partial charge in [0.15, 0.2) is 0 Å². The Hall–Kier alpha value is -2.66. The Morgan fingerprint density at radius 3 is 2.21 bits per heavy atom. The van der Waals surface area contributed by atoms with Gasteiger partial charge in [-0.2, -0.15) is 0 Å². The molecule has 3 N–H and O–H groups in total. The van der Waals surface area contributed by atoms with Crippen LogP contribution in [0.2, 0.25) is 0 Å². The first-order valence-corrected chi connectivity index (χ1v) is 8.01. The van der Waals surface area contributed by atoms with Crippen LogP contribution in [0.15, 0.2) is 60.7 Å². The Balaban J connectivity index is 1.87. The van der Waals surface area contributed by atoms with E-state index in [-0.39, 0.29) is 18.4 Å². The molecule has 1 unspecified atom stereocenters. The maximum absolute atomic E-state index is 12.3. The number of nitrogens with zero attached hydrogens (tertiary/aromatic N) is 1. The highest BCUT2D eigenvalue weighted by molar-refractivity contribution is 5.88. The van der Waals surface area contributed by atoms with Crippen molar-refractivity contribution >= 4 is 11.8 Å². The molecule has 0 spiro atoms. The summed E-state index contributed by atoms with van der Waals surface area (Å²) in [6.07, 6.45) is 0.